The van der Waals surface area contributed by atoms with Crippen molar-refractivity contribution in [2.24, 2.45) is 17.3 Å². The Labute approximate surface area is 308 Å². The van der Waals surface area contributed by atoms with Crippen molar-refractivity contribution in [1.29, 1.82) is 0 Å². The van der Waals surface area contributed by atoms with E-state index < -0.39 is 46.9 Å². The van der Waals surface area contributed by atoms with E-state index in [0.29, 0.717) is 25.9 Å². The van der Waals surface area contributed by atoms with Crippen molar-refractivity contribution in [3.05, 3.63) is 0 Å². The van der Waals surface area contributed by atoms with Crippen LogP contribution in [-0.4, -0.2) is 172 Å². The van der Waals surface area contributed by atoms with E-state index in [0.717, 1.165) is 38.8 Å². The molecule has 13 heteroatoms. The van der Waals surface area contributed by atoms with Gasteiger partial charge >= 0.3 is 5.97 Å². The number of nitrogens with one attached hydrogen (secondary N) is 1. The summed E-state index contributed by atoms with van der Waals surface area (Å²) in [4.78, 5) is 49.5. The number of hydrogen-bond acceptors (Lipinski definition) is 12. The van der Waals surface area contributed by atoms with Crippen molar-refractivity contribution in [2.45, 2.75) is 128 Å². The normalized spacial score (nSPS) is 37.5. The molecule has 1 amide bonds. The largest absolute Gasteiger partial charge is 0.463 e. The fraction of sp³-hybridized carbons (Fsp3) is 0.921. The Kier molecular flexibility index (Phi) is 15.5. The van der Waals surface area contributed by atoms with Gasteiger partial charge in [0, 0.05) is 51.8 Å². The zero-order valence-corrected chi connectivity index (χ0v) is 34.0. The second kappa shape index (κ2) is 18.1. The van der Waals surface area contributed by atoms with Gasteiger partial charge in [0.2, 0.25) is 5.91 Å². The molecule has 2 heterocycles. The molecule has 2 aliphatic heterocycles. The number of aliphatic hydroxyl groups is 1. The molecule has 0 unspecified atom stereocenters. The Hall–Kier alpha value is -1.71. The molecule has 0 aromatic rings. The van der Waals surface area contributed by atoms with Crippen molar-refractivity contribution in [1.82, 2.24) is 24.9 Å². The van der Waals surface area contributed by atoms with Crippen LogP contribution in [0.25, 0.3) is 0 Å². The third-order valence-corrected chi connectivity index (χ3v) is 12.1. The molecule has 296 valence electrons. The van der Waals surface area contributed by atoms with Gasteiger partial charge in [-0.05, 0) is 107 Å². The number of nitrogens with zero attached hydrogens (tertiary/aromatic N) is 4. The fourth-order valence-electron chi connectivity index (χ4n) is 8.50. The van der Waals surface area contributed by atoms with Crippen LogP contribution in [0.1, 0.15) is 80.1 Å². The summed E-state index contributed by atoms with van der Waals surface area (Å²) in [7, 11) is 13.4. The lowest BCUT2D eigenvalue weighted by molar-refractivity contribution is -0.295. The topological polar surface area (TPSA) is 133 Å². The second-order valence-electron chi connectivity index (χ2n) is 17.1. The monoisotopic (exact) mass is 726 g/mol. The summed E-state index contributed by atoms with van der Waals surface area (Å²) in [5, 5.41) is 14.6. The molecule has 1 aliphatic carbocycles. The van der Waals surface area contributed by atoms with E-state index in [4.69, 9.17) is 18.9 Å². The fourth-order valence-corrected chi connectivity index (χ4v) is 8.50. The van der Waals surface area contributed by atoms with E-state index in [1.807, 2.05) is 58.9 Å². The number of Topliss-reactive ketones (excluding diaryl/α,β-unsaturated/α-hetero) is 1. The molecule has 51 heavy (non-hydrogen) atoms. The maximum Gasteiger partial charge on any atom is 0.319 e. The predicted octanol–water partition coefficient (Wildman–Crippen LogP) is 2.24. The summed E-state index contributed by atoms with van der Waals surface area (Å²) < 4.78 is 25.2. The summed E-state index contributed by atoms with van der Waals surface area (Å²) in [5.74, 6) is -1.52. The molecule has 0 aromatic carbocycles. The number of hydrogen-bond donors (Lipinski definition) is 2. The highest BCUT2D eigenvalue weighted by Crippen LogP contribution is 2.41. The lowest BCUT2D eigenvalue weighted by Crippen LogP contribution is -2.59. The standard InChI is InChI=1S/C38H71N5O8/c1-25-21-37(6,48-13)33(51-34-31(45)29(41(9)10)20-26(2)50-34)27(3)32(46)36(4,5)35(47)49-24-38(42(11)23-25)16-14-28(15-17-38)43(12)30(44)22-39-18-19-40(7)8/h25-29,31,33-34,39,45H,14-24H2,1-13H3/t25-,26-,27+,28?,29+,31-,33-,34+,37-,38?/m1/s1. The summed E-state index contributed by atoms with van der Waals surface area (Å²) in [6.45, 7) is 13.8. The second-order valence-corrected chi connectivity index (χ2v) is 17.1. The summed E-state index contributed by atoms with van der Waals surface area (Å²) >= 11 is 0. The van der Waals surface area contributed by atoms with Crippen LogP contribution >= 0.6 is 0 Å². The Morgan fingerprint density at radius 1 is 1.06 bits per heavy atom. The van der Waals surface area contributed by atoms with E-state index in [-0.39, 0.29) is 42.4 Å². The first-order chi connectivity index (χ1) is 23.7. The van der Waals surface area contributed by atoms with Crippen LogP contribution < -0.4 is 5.32 Å². The maximum atomic E-state index is 14.4. The minimum absolute atomic E-state index is 0.0703. The molecular weight excluding hydrogens is 654 g/mol. The van der Waals surface area contributed by atoms with Gasteiger partial charge in [-0.1, -0.05) is 13.8 Å². The molecule has 2 N–H and O–H groups in total. The molecule has 3 fully saturated rings. The van der Waals surface area contributed by atoms with Gasteiger partial charge in [0.05, 0.1) is 29.9 Å². The Morgan fingerprint density at radius 3 is 2.25 bits per heavy atom. The minimum atomic E-state index is -1.47. The summed E-state index contributed by atoms with van der Waals surface area (Å²) in [6.07, 6.45) is 1.27. The molecular formula is C38H71N5O8. The van der Waals surface area contributed by atoms with E-state index in [2.05, 4.69) is 29.1 Å². The van der Waals surface area contributed by atoms with E-state index in [1.165, 1.54) is 0 Å². The minimum Gasteiger partial charge on any atom is -0.463 e. The van der Waals surface area contributed by atoms with Gasteiger partial charge in [0.1, 0.15) is 18.1 Å². The van der Waals surface area contributed by atoms with Crippen LogP contribution in [0.5, 0.6) is 0 Å². The van der Waals surface area contributed by atoms with Gasteiger partial charge in [-0.15, -0.1) is 0 Å². The van der Waals surface area contributed by atoms with Crippen molar-refractivity contribution < 1.29 is 38.4 Å². The highest BCUT2D eigenvalue weighted by atomic mass is 16.7. The van der Waals surface area contributed by atoms with Crippen LogP contribution in [0, 0.1) is 17.3 Å². The van der Waals surface area contributed by atoms with Crippen molar-refractivity contribution in [2.75, 3.05) is 82.2 Å². The lowest BCUT2D eigenvalue weighted by Gasteiger charge is -2.49. The van der Waals surface area contributed by atoms with Gasteiger partial charge in [0.25, 0.3) is 0 Å². The number of likely N-dealkylation sites (N-methyl/N-ethyl adjacent to an activating group) is 4. The van der Waals surface area contributed by atoms with Crippen LogP contribution in [0.3, 0.4) is 0 Å². The van der Waals surface area contributed by atoms with E-state index >= 15 is 0 Å². The van der Waals surface area contributed by atoms with Crippen LogP contribution in [0.2, 0.25) is 0 Å². The van der Waals surface area contributed by atoms with Gasteiger partial charge in [0.15, 0.2) is 12.1 Å². The maximum absolute atomic E-state index is 14.4. The Morgan fingerprint density at radius 2 is 1.69 bits per heavy atom. The SMILES string of the molecule is CO[C@]1(C)C[C@@H](C)CN(C)C2(CCC(N(C)C(=O)CNCCN(C)C)CC2)COC(=O)C(C)(C)C(=O)[C@H](C)[C@H]1O[C@@H]1O[C@H](C)C[C@H](N(C)C)[C@H]1O. The first kappa shape index (κ1) is 43.7. The molecule has 13 nitrogen and oxygen atoms in total. The zero-order chi connectivity index (χ0) is 38.5. The van der Waals surface area contributed by atoms with Gasteiger partial charge in [-0.25, -0.2) is 0 Å². The average molecular weight is 726 g/mol. The third kappa shape index (κ3) is 10.5. The Balaban J connectivity index is 1.88. The quantitative estimate of drug-likeness (QED) is 0.195. The lowest BCUT2D eigenvalue weighted by atomic mass is 9.74. The number of esters is 1. The highest BCUT2D eigenvalue weighted by molar-refractivity contribution is 6.04. The third-order valence-electron chi connectivity index (χ3n) is 12.1. The molecule has 0 aromatic heterocycles. The number of carbonyl (C=O) groups excluding carboxylic acids is 3. The number of methoxy groups -OCH3 is 1. The first-order valence-electron chi connectivity index (χ1n) is 18.9. The van der Waals surface area contributed by atoms with Crippen molar-refractivity contribution >= 4 is 17.7 Å². The number of cyclic esters (lactones) is 1. The van der Waals surface area contributed by atoms with Crippen LogP contribution in [0.4, 0.5) is 0 Å². The summed E-state index contributed by atoms with van der Waals surface area (Å²) in [6, 6.07) is -0.105. The number of ketones is 1. The average Bonchev–Trinajstić information content (AvgIpc) is 3.07. The predicted molar refractivity (Wildman–Crippen MR) is 197 cm³/mol. The molecule has 2 saturated heterocycles. The number of ether oxygens (including phenoxy) is 4. The Bertz CT molecular complexity index is 1160. The van der Waals surface area contributed by atoms with Gasteiger partial charge in [-0.3, -0.25) is 19.3 Å². The molecule has 1 spiro atoms. The molecule has 0 bridgehead atoms. The number of amides is 1. The van der Waals surface area contributed by atoms with Crippen molar-refractivity contribution in [3.8, 4) is 0 Å². The molecule has 0 radical (unpaired) electrons. The number of rotatable bonds is 10. The van der Waals surface area contributed by atoms with Crippen LogP contribution in [-0.2, 0) is 33.3 Å². The van der Waals surface area contributed by atoms with Crippen molar-refractivity contribution in [3.63, 3.8) is 0 Å². The number of aliphatic hydroxyl groups excluding tert-OH is 1. The van der Waals surface area contributed by atoms with E-state index in [9.17, 15) is 19.5 Å². The molecule has 3 aliphatic rings. The highest BCUT2D eigenvalue weighted by Gasteiger charge is 2.52. The molecule has 3 rings (SSSR count). The van der Waals surface area contributed by atoms with Gasteiger partial charge < -0.3 is 44.1 Å². The molecule has 1 saturated carbocycles. The van der Waals surface area contributed by atoms with Gasteiger partial charge in [-0.2, -0.15) is 0 Å². The zero-order valence-electron chi connectivity index (χ0n) is 34.0. The van der Waals surface area contributed by atoms with E-state index in [1.54, 1.807) is 27.9 Å². The number of carbonyl (C=O) groups is 3. The van der Waals surface area contributed by atoms with Crippen LogP contribution in [0.15, 0.2) is 0 Å². The first-order valence-corrected chi connectivity index (χ1v) is 18.9. The smallest absolute Gasteiger partial charge is 0.319 e. The summed E-state index contributed by atoms with van der Waals surface area (Å²) in [5.41, 5.74) is -2.89. The molecule has 8 atom stereocenters.